The Bertz CT molecular complexity index is 543. The smallest absolute Gasteiger partial charge is 0.323 e. The molecule has 1 aliphatic heterocycles. The highest BCUT2D eigenvalue weighted by molar-refractivity contribution is 6.02. The molecular weight excluding hydrogens is 238 g/mol. The van der Waals surface area contributed by atoms with Gasteiger partial charge in [0.1, 0.15) is 6.07 Å². The predicted octanol–water partition coefficient (Wildman–Crippen LogP) is 0.174. The van der Waals surface area contributed by atoms with Crippen LogP contribution in [-0.2, 0) is 14.4 Å². The second-order valence-electron chi connectivity index (χ2n) is 3.50. The lowest BCUT2D eigenvalue weighted by atomic mass is 10.3. The molecule has 1 fully saturated rings. The average molecular weight is 245 g/mol. The Kier molecular flexibility index (Phi) is 3.02. The molecule has 0 spiro atoms. The van der Waals surface area contributed by atoms with Gasteiger partial charge in [-0.25, -0.2) is 9.78 Å². The van der Waals surface area contributed by atoms with Crippen molar-refractivity contribution < 1.29 is 19.2 Å². The molecule has 2 heterocycles. The zero-order valence-electron chi connectivity index (χ0n) is 9.12. The van der Waals surface area contributed by atoms with E-state index >= 15 is 0 Å². The van der Waals surface area contributed by atoms with E-state index in [-0.39, 0.29) is 18.5 Å². The van der Waals surface area contributed by atoms with Crippen LogP contribution in [0.3, 0.4) is 0 Å². The Labute approximate surface area is 102 Å². The number of imide groups is 1. The largest absolute Gasteiger partial charge is 0.382 e. The summed E-state index contributed by atoms with van der Waals surface area (Å²) in [7, 11) is 0. The Hall–Kier alpha value is -2.75. The number of hydrogen-bond acceptors (Lipinski definition) is 6. The van der Waals surface area contributed by atoms with Gasteiger partial charge in [-0.15, -0.1) is 5.06 Å². The minimum Gasteiger partial charge on any atom is -0.323 e. The van der Waals surface area contributed by atoms with Gasteiger partial charge in [0.2, 0.25) is 0 Å². The number of nitrogens with zero attached hydrogens (tertiary/aromatic N) is 3. The molecule has 0 atom stereocenters. The van der Waals surface area contributed by atoms with Crippen LogP contribution in [0.15, 0.2) is 18.3 Å². The average Bonchev–Trinajstić information content (AvgIpc) is 2.70. The lowest BCUT2D eigenvalue weighted by Crippen LogP contribution is -2.32. The summed E-state index contributed by atoms with van der Waals surface area (Å²) in [6.07, 6.45) is 1.27. The number of carbonyl (C=O) groups excluding carboxylic acids is 3. The molecule has 0 unspecified atom stereocenters. The fourth-order valence-electron chi connectivity index (χ4n) is 1.37. The van der Waals surface area contributed by atoms with Gasteiger partial charge in [0, 0.05) is 19.0 Å². The highest BCUT2D eigenvalue weighted by Crippen LogP contribution is 2.13. The summed E-state index contributed by atoms with van der Waals surface area (Å²) in [5, 5.41) is 9.01. The van der Waals surface area contributed by atoms with Crippen molar-refractivity contribution in [1.82, 2.24) is 10.0 Å². The third-order valence-corrected chi connectivity index (χ3v) is 2.28. The number of hydroxylamine groups is 2. The van der Waals surface area contributed by atoms with E-state index in [1.54, 1.807) is 0 Å². The Morgan fingerprint density at radius 3 is 2.50 bits per heavy atom. The molecule has 7 nitrogen and oxygen atoms in total. The van der Waals surface area contributed by atoms with E-state index in [0.29, 0.717) is 10.6 Å². The van der Waals surface area contributed by atoms with Crippen molar-refractivity contribution in [3.05, 3.63) is 29.6 Å². The van der Waals surface area contributed by atoms with Crippen molar-refractivity contribution in [3.63, 3.8) is 0 Å². The summed E-state index contributed by atoms with van der Waals surface area (Å²) in [6, 6.07) is 4.52. The van der Waals surface area contributed by atoms with E-state index in [4.69, 9.17) is 5.26 Å². The van der Waals surface area contributed by atoms with E-state index in [0.717, 1.165) is 0 Å². The van der Waals surface area contributed by atoms with Crippen molar-refractivity contribution in [1.29, 1.82) is 5.26 Å². The zero-order valence-corrected chi connectivity index (χ0v) is 9.12. The quantitative estimate of drug-likeness (QED) is 0.688. The highest BCUT2D eigenvalue weighted by Gasteiger charge is 2.33. The molecule has 0 radical (unpaired) electrons. The minimum atomic E-state index is -0.914. The maximum absolute atomic E-state index is 11.6. The topological polar surface area (TPSA) is 100 Å². The molecule has 1 aromatic rings. The van der Waals surface area contributed by atoms with Gasteiger partial charge >= 0.3 is 5.97 Å². The predicted molar refractivity (Wildman–Crippen MR) is 55.5 cm³/mol. The van der Waals surface area contributed by atoms with Gasteiger partial charge in [0.15, 0.2) is 5.69 Å². The van der Waals surface area contributed by atoms with E-state index in [1.165, 1.54) is 18.3 Å². The molecule has 18 heavy (non-hydrogen) atoms. The van der Waals surface area contributed by atoms with Crippen LogP contribution in [0.1, 0.15) is 28.9 Å². The van der Waals surface area contributed by atoms with E-state index < -0.39 is 17.8 Å². The summed E-state index contributed by atoms with van der Waals surface area (Å²) >= 11 is 0. The van der Waals surface area contributed by atoms with Gasteiger partial charge in [-0.1, -0.05) is 0 Å². The van der Waals surface area contributed by atoms with Crippen LogP contribution in [0.2, 0.25) is 0 Å². The Morgan fingerprint density at radius 2 is 2.00 bits per heavy atom. The number of rotatable bonds is 2. The van der Waals surface area contributed by atoms with Crippen LogP contribution in [-0.4, -0.2) is 27.8 Å². The molecule has 2 rings (SSSR count). The first kappa shape index (κ1) is 11.7. The van der Waals surface area contributed by atoms with Gasteiger partial charge in [0.25, 0.3) is 11.8 Å². The van der Waals surface area contributed by atoms with Crippen molar-refractivity contribution in [3.8, 4) is 6.07 Å². The van der Waals surface area contributed by atoms with Crippen LogP contribution in [0, 0.1) is 11.3 Å². The molecule has 90 valence electrons. The molecule has 0 bridgehead atoms. The molecule has 0 saturated carbocycles. The summed E-state index contributed by atoms with van der Waals surface area (Å²) in [5.41, 5.74) is 0.210. The Morgan fingerprint density at radius 1 is 1.33 bits per heavy atom. The maximum Gasteiger partial charge on any atom is 0.382 e. The number of amides is 2. The SMILES string of the molecule is N#Cc1ccc(C(=O)ON2C(=O)CCC2=O)nc1. The van der Waals surface area contributed by atoms with Crippen molar-refractivity contribution in [2.24, 2.45) is 0 Å². The molecule has 1 saturated heterocycles. The summed E-state index contributed by atoms with van der Waals surface area (Å²) in [6.45, 7) is 0. The molecule has 0 aromatic carbocycles. The molecule has 0 aliphatic carbocycles. The molecule has 1 aliphatic rings. The van der Waals surface area contributed by atoms with Crippen LogP contribution in [0.25, 0.3) is 0 Å². The molecular formula is C11H7N3O4. The number of pyridine rings is 1. The van der Waals surface area contributed by atoms with Crippen LogP contribution < -0.4 is 0 Å². The van der Waals surface area contributed by atoms with Crippen molar-refractivity contribution >= 4 is 17.8 Å². The maximum atomic E-state index is 11.6. The fourth-order valence-corrected chi connectivity index (χ4v) is 1.37. The van der Waals surface area contributed by atoms with E-state index in [9.17, 15) is 14.4 Å². The standard InChI is InChI=1S/C11H7N3O4/c12-5-7-1-2-8(13-6-7)11(17)18-14-9(15)3-4-10(14)16/h1-2,6H,3-4H2. The number of hydrogen-bond donors (Lipinski definition) is 0. The summed E-state index contributed by atoms with van der Waals surface area (Å²) in [5.74, 6) is -2.02. The molecule has 1 aromatic heterocycles. The van der Waals surface area contributed by atoms with Gasteiger partial charge < -0.3 is 4.84 Å². The first-order valence-corrected chi connectivity index (χ1v) is 5.06. The first-order chi connectivity index (χ1) is 8.61. The van der Waals surface area contributed by atoms with Gasteiger partial charge in [-0.3, -0.25) is 9.59 Å². The monoisotopic (exact) mass is 245 g/mol. The van der Waals surface area contributed by atoms with Crippen LogP contribution >= 0.6 is 0 Å². The van der Waals surface area contributed by atoms with E-state index in [2.05, 4.69) is 9.82 Å². The first-order valence-electron chi connectivity index (χ1n) is 5.06. The normalized spacial score (nSPS) is 14.5. The number of aromatic nitrogens is 1. The minimum absolute atomic E-state index is 0.0346. The number of nitriles is 1. The third-order valence-electron chi connectivity index (χ3n) is 2.28. The third kappa shape index (κ3) is 2.17. The van der Waals surface area contributed by atoms with Crippen molar-refractivity contribution in [2.75, 3.05) is 0 Å². The molecule has 2 amide bonds. The fraction of sp³-hybridized carbons (Fsp3) is 0.182. The van der Waals surface area contributed by atoms with Gasteiger partial charge in [-0.2, -0.15) is 5.26 Å². The van der Waals surface area contributed by atoms with Gasteiger partial charge in [0.05, 0.1) is 5.56 Å². The lowest BCUT2D eigenvalue weighted by molar-refractivity contribution is -0.172. The second-order valence-corrected chi connectivity index (χ2v) is 3.50. The lowest BCUT2D eigenvalue weighted by Gasteiger charge is -2.11. The zero-order chi connectivity index (χ0) is 13.1. The van der Waals surface area contributed by atoms with Crippen LogP contribution in [0.5, 0.6) is 0 Å². The second kappa shape index (κ2) is 4.63. The molecule has 0 N–H and O–H groups in total. The van der Waals surface area contributed by atoms with Crippen LogP contribution in [0.4, 0.5) is 0 Å². The van der Waals surface area contributed by atoms with Gasteiger partial charge in [-0.05, 0) is 12.1 Å². The summed E-state index contributed by atoms with van der Waals surface area (Å²) in [4.78, 5) is 42.4. The highest BCUT2D eigenvalue weighted by atomic mass is 16.7. The van der Waals surface area contributed by atoms with Crippen molar-refractivity contribution in [2.45, 2.75) is 12.8 Å². The number of carbonyl (C=O) groups is 3. The molecule has 7 heteroatoms. The Balaban J connectivity index is 2.10. The summed E-state index contributed by atoms with van der Waals surface area (Å²) < 4.78 is 0. The van der Waals surface area contributed by atoms with E-state index in [1.807, 2.05) is 6.07 Å².